The van der Waals surface area contributed by atoms with E-state index in [1.54, 1.807) is 6.61 Å². The van der Waals surface area contributed by atoms with Crippen molar-refractivity contribution in [3.8, 4) is 0 Å². The summed E-state index contributed by atoms with van der Waals surface area (Å²) in [6.45, 7) is 2.67. The number of hydrogen-bond acceptors (Lipinski definition) is 4. The van der Waals surface area contributed by atoms with E-state index in [0.29, 0.717) is 13.2 Å². The van der Waals surface area contributed by atoms with Gasteiger partial charge >= 0.3 is 0 Å². The van der Waals surface area contributed by atoms with Crippen LogP contribution in [0.25, 0.3) is 0 Å². The molecule has 0 aromatic heterocycles. The quantitative estimate of drug-likeness (QED) is 0.637. The molecule has 1 unspecified atom stereocenters. The molecule has 1 aromatic rings. The topological polar surface area (TPSA) is 47.9 Å². The van der Waals surface area contributed by atoms with Crippen LogP contribution >= 0.6 is 0 Å². The first kappa shape index (κ1) is 15.5. The smallest absolute Gasteiger partial charge is 0.106 e. The minimum Gasteiger partial charge on any atom is -0.541 e. The molecule has 0 spiro atoms. The van der Waals surface area contributed by atoms with Gasteiger partial charge in [-0.25, -0.2) is 0 Å². The second kappa shape index (κ2) is 6.71. The largest absolute Gasteiger partial charge is 0.541 e. The van der Waals surface area contributed by atoms with Crippen molar-refractivity contribution in [2.24, 2.45) is 0 Å². The van der Waals surface area contributed by atoms with Crippen molar-refractivity contribution >= 4 is 0 Å². The summed E-state index contributed by atoms with van der Waals surface area (Å²) in [4.78, 5) is 0. The molecular formula is C14H17O4U-. The molecule has 2 heterocycles. The second-order valence-corrected chi connectivity index (χ2v) is 4.85. The zero-order valence-corrected chi connectivity index (χ0v) is 14.8. The summed E-state index contributed by atoms with van der Waals surface area (Å²) >= 11 is 0. The Morgan fingerprint density at radius 3 is 2.84 bits per heavy atom. The third-order valence-corrected chi connectivity index (χ3v) is 3.55. The van der Waals surface area contributed by atoms with Gasteiger partial charge in [0.2, 0.25) is 0 Å². The van der Waals surface area contributed by atoms with Crippen LogP contribution in [0.1, 0.15) is 12.0 Å². The van der Waals surface area contributed by atoms with Gasteiger partial charge in [-0.2, -0.15) is 6.61 Å². The number of benzene rings is 1. The zero-order chi connectivity index (χ0) is 12.4. The number of rotatable bonds is 5. The molecule has 102 valence electrons. The van der Waals surface area contributed by atoms with Crippen molar-refractivity contribution in [1.29, 1.82) is 0 Å². The van der Waals surface area contributed by atoms with Gasteiger partial charge in [-0.3, -0.25) is 0 Å². The number of ether oxygens (including phenoxy) is 3. The average molecular weight is 487 g/mol. The zero-order valence-electron chi connectivity index (χ0n) is 10.6. The average Bonchev–Trinajstić information content (AvgIpc) is 2.97. The molecule has 2 saturated heterocycles. The fourth-order valence-electron chi connectivity index (χ4n) is 2.58. The van der Waals surface area contributed by atoms with E-state index >= 15 is 0 Å². The van der Waals surface area contributed by atoms with Crippen molar-refractivity contribution in [3.63, 3.8) is 0 Å². The number of hydrogen-bond donors (Lipinski definition) is 1. The van der Waals surface area contributed by atoms with Crippen LogP contribution in [0.5, 0.6) is 0 Å². The van der Waals surface area contributed by atoms with Gasteiger partial charge in [0, 0.05) is 31.1 Å². The molecule has 5 heteroatoms. The molecular weight excluding hydrogens is 470 g/mol. The summed E-state index contributed by atoms with van der Waals surface area (Å²) in [5, 5.41) is 9.30. The first-order valence-corrected chi connectivity index (χ1v) is 6.21. The Kier molecular flexibility index (Phi) is 5.47. The predicted molar refractivity (Wildman–Crippen MR) is 64.6 cm³/mol. The van der Waals surface area contributed by atoms with Gasteiger partial charge in [0.15, 0.2) is 0 Å². The molecule has 3 atom stereocenters. The fraction of sp³-hybridized carbons (Fsp3) is 0.500. The summed E-state index contributed by atoms with van der Waals surface area (Å²) in [5.41, 5.74) is 0.640. The van der Waals surface area contributed by atoms with Gasteiger partial charge in [-0.05, 0) is 18.1 Å². The maximum absolute atomic E-state index is 9.30. The predicted octanol–water partition coefficient (Wildman–Crippen LogP) is 1.28. The molecule has 0 radical (unpaired) electrons. The summed E-state index contributed by atoms with van der Waals surface area (Å²) in [5.74, 6) is 0. The van der Waals surface area contributed by atoms with Crippen LogP contribution in [0.2, 0.25) is 0 Å². The van der Waals surface area contributed by atoms with Crippen LogP contribution in [0, 0.1) is 37.7 Å². The van der Waals surface area contributed by atoms with Gasteiger partial charge in [0.1, 0.15) is 6.10 Å². The molecule has 1 aromatic carbocycles. The van der Waals surface area contributed by atoms with Crippen LogP contribution in [0.4, 0.5) is 0 Å². The maximum Gasteiger partial charge on any atom is 0.106 e. The summed E-state index contributed by atoms with van der Waals surface area (Å²) in [6, 6.07) is 10.0. The normalized spacial score (nSPS) is 32.3. The fourth-order valence-corrected chi connectivity index (χ4v) is 2.58. The van der Waals surface area contributed by atoms with Crippen molar-refractivity contribution in [2.75, 3.05) is 13.2 Å². The summed E-state index contributed by atoms with van der Waals surface area (Å²) in [6.07, 6.45) is 0.498. The van der Waals surface area contributed by atoms with E-state index in [4.69, 9.17) is 14.2 Å². The van der Waals surface area contributed by atoms with Gasteiger partial charge < -0.3 is 19.3 Å². The molecule has 0 saturated carbocycles. The van der Waals surface area contributed by atoms with E-state index in [-0.39, 0.29) is 49.9 Å². The van der Waals surface area contributed by atoms with Crippen LogP contribution in [-0.4, -0.2) is 36.1 Å². The van der Waals surface area contributed by atoms with Crippen LogP contribution in [0.15, 0.2) is 30.3 Å². The van der Waals surface area contributed by atoms with Gasteiger partial charge in [-0.15, -0.1) is 0 Å². The molecule has 2 bridgehead atoms. The maximum atomic E-state index is 9.30. The Hall–Kier alpha value is 0.112. The standard InChI is InChI=1S/C14H17O4.U/c15-7-13-14(6-12(18-13)9-17-14)10-16-8-11-4-2-1-3-5-11;/h1-5,9,12-13,15H,6-8,10H2;/q-1;/t12-,13?,14+;/m1./s1. The monoisotopic (exact) mass is 487 g/mol. The molecule has 2 fully saturated rings. The Morgan fingerprint density at radius 1 is 1.37 bits per heavy atom. The summed E-state index contributed by atoms with van der Waals surface area (Å²) < 4.78 is 17.0. The minimum atomic E-state index is -0.492. The summed E-state index contributed by atoms with van der Waals surface area (Å²) in [7, 11) is 0. The first-order chi connectivity index (χ1) is 8.82. The molecule has 2 aliphatic rings. The van der Waals surface area contributed by atoms with Crippen molar-refractivity contribution in [2.45, 2.75) is 30.8 Å². The van der Waals surface area contributed by atoms with Crippen molar-refractivity contribution in [3.05, 3.63) is 42.5 Å². The van der Waals surface area contributed by atoms with Gasteiger partial charge in [-0.1, -0.05) is 30.3 Å². The van der Waals surface area contributed by atoms with E-state index in [0.717, 1.165) is 12.0 Å². The van der Waals surface area contributed by atoms with E-state index in [1.165, 1.54) is 0 Å². The van der Waals surface area contributed by atoms with Gasteiger partial charge in [0.25, 0.3) is 0 Å². The Balaban J connectivity index is 0.00000133. The van der Waals surface area contributed by atoms with E-state index in [2.05, 4.69) is 0 Å². The first-order valence-electron chi connectivity index (χ1n) is 6.21. The van der Waals surface area contributed by atoms with Crippen molar-refractivity contribution < 1.29 is 50.4 Å². The molecule has 19 heavy (non-hydrogen) atoms. The molecule has 2 aliphatic heterocycles. The number of aliphatic hydroxyl groups is 1. The molecule has 3 rings (SSSR count). The molecule has 0 amide bonds. The van der Waals surface area contributed by atoms with E-state index in [9.17, 15) is 5.11 Å². The van der Waals surface area contributed by atoms with Crippen LogP contribution in [-0.2, 0) is 20.8 Å². The molecule has 4 nitrogen and oxygen atoms in total. The van der Waals surface area contributed by atoms with Crippen molar-refractivity contribution in [1.82, 2.24) is 0 Å². The Morgan fingerprint density at radius 2 is 2.16 bits per heavy atom. The third kappa shape index (κ3) is 3.24. The Labute approximate surface area is 136 Å². The van der Waals surface area contributed by atoms with Crippen LogP contribution in [0.3, 0.4) is 0 Å². The van der Waals surface area contributed by atoms with E-state index < -0.39 is 5.60 Å². The minimum absolute atomic E-state index is 0. The van der Waals surface area contributed by atoms with Gasteiger partial charge in [0.05, 0.1) is 25.4 Å². The van der Waals surface area contributed by atoms with E-state index in [1.807, 2.05) is 30.3 Å². The Bertz CT molecular complexity index is 400. The number of fused-ring (bicyclic) bond motifs is 2. The molecule has 0 aliphatic carbocycles. The third-order valence-electron chi connectivity index (χ3n) is 3.55. The van der Waals surface area contributed by atoms with Crippen LogP contribution < -0.4 is 0 Å². The molecule has 1 N–H and O–H groups in total. The second-order valence-electron chi connectivity index (χ2n) is 4.85. The number of aliphatic hydroxyl groups excluding tert-OH is 1. The SMILES string of the molecule is OCC1O[C@H]2[CH-]O[C@]1(COCc1ccccc1)C2.[U].